The van der Waals surface area contributed by atoms with E-state index in [1.165, 1.54) is 10.9 Å². The van der Waals surface area contributed by atoms with Crippen LogP contribution in [0.3, 0.4) is 0 Å². The lowest BCUT2D eigenvalue weighted by atomic mass is 10.2. The van der Waals surface area contributed by atoms with Gasteiger partial charge in [0.2, 0.25) is 0 Å². The molecule has 0 amide bonds. The van der Waals surface area contributed by atoms with E-state index in [0.29, 0.717) is 23.6 Å². The molecule has 0 aliphatic carbocycles. The van der Waals surface area contributed by atoms with Crippen molar-refractivity contribution >= 4 is 27.3 Å². The highest BCUT2D eigenvalue weighted by Gasteiger charge is 2.13. The first-order chi connectivity index (χ1) is 12.7. The van der Waals surface area contributed by atoms with Crippen LogP contribution in [0.15, 0.2) is 58.4 Å². The molecule has 0 saturated heterocycles. The molecule has 1 heterocycles. The Morgan fingerprint density at radius 3 is 2.69 bits per heavy atom. The van der Waals surface area contributed by atoms with Gasteiger partial charge in [0, 0.05) is 23.5 Å². The van der Waals surface area contributed by atoms with E-state index in [1.54, 1.807) is 36.6 Å². The van der Waals surface area contributed by atoms with Gasteiger partial charge in [0.1, 0.15) is 12.4 Å². The average molecular weight is 436 g/mol. The molecule has 136 valence electrons. The van der Waals surface area contributed by atoms with E-state index in [1.807, 2.05) is 18.2 Å². The van der Waals surface area contributed by atoms with Crippen LogP contribution < -0.4 is 14.8 Å². The van der Waals surface area contributed by atoms with Gasteiger partial charge in [0.15, 0.2) is 11.5 Å². The molecule has 0 aliphatic heterocycles. The third-order valence-electron chi connectivity index (χ3n) is 3.83. The molecular weight excluding hydrogens is 417 g/mol. The molecule has 0 unspecified atom stereocenters. The molecule has 0 bridgehead atoms. The molecule has 26 heavy (non-hydrogen) atoms. The number of halogens is 2. The number of hydrogen-bond donors (Lipinski definition) is 1. The van der Waals surface area contributed by atoms with Crippen LogP contribution >= 0.6 is 27.3 Å². The molecule has 3 nitrogen and oxygen atoms in total. The summed E-state index contributed by atoms with van der Waals surface area (Å²) in [4.78, 5) is 1.29. The minimum atomic E-state index is -0.281. The van der Waals surface area contributed by atoms with Gasteiger partial charge < -0.3 is 14.8 Å². The van der Waals surface area contributed by atoms with Crippen LogP contribution in [0.5, 0.6) is 11.5 Å². The Balaban J connectivity index is 1.67. The number of rotatable bonds is 8. The van der Waals surface area contributed by atoms with Gasteiger partial charge in [-0.25, -0.2) is 4.39 Å². The van der Waals surface area contributed by atoms with E-state index in [9.17, 15) is 4.39 Å². The first-order valence-corrected chi connectivity index (χ1v) is 9.80. The van der Waals surface area contributed by atoms with Crippen LogP contribution in [-0.4, -0.2) is 7.11 Å². The predicted molar refractivity (Wildman–Crippen MR) is 106 cm³/mol. The summed E-state index contributed by atoms with van der Waals surface area (Å²) in [6.07, 6.45) is 0. The predicted octanol–water partition coefficient (Wildman–Crippen LogP) is 5.53. The van der Waals surface area contributed by atoms with Crippen molar-refractivity contribution in [1.82, 2.24) is 5.32 Å². The zero-order valence-electron chi connectivity index (χ0n) is 14.3. The van der Waals surface area contributed by atoms with Crippen molar-refractivity contribution in [2.24, 2.45) is 0 Å². The summed E-state index contributed by atoms with van der Waals surface area (Å²) in [5, 5.41) is 5.48. The Labute approximate surface area is 164 Å². The zero-order chi connectivity index (χ0) is 18.4. The number of benzene rings is 2. The smallest absolute Gasteiger partial charge is 0.175 e. The summed E-state index contributed by atoms with van der Waals surface area (Å²) in [7, 11) is 1.60. The maximum absolute atomic E-state index is 13.8. The maximum Gasteiger partial charge on any atom is 0.175 e. The third-order valence-corrected chi connectivity index (χ3v) is 5.29. The summed E-state index contributed by atoms with van der Waals surface area (Å²) < 4.78 is 25.8. The molecule has 0 spiro atoms. The Morgan fingerprint density at radius 2 is 1.96 bits per heavy atom. The molecule has 3 rings (SSSR count). The highest BCUT2D eigenvalue weighted by Crippen LogP contribution is 2.37. The lowest BCUT2D eigenvalue weighted by Gasteiger charge is -2.15. The van der Waals surface area contributed by atoms with Crippen LogP contribution in [0.1, 0.15) is 16.0 Å². The third kappa shape index (κ3) is 4.84. The normalized spacial score (nSPS) is 10.7. The van der Waals surface area contributed by atoms with E-state index in [-0.39, 0.29) is 12.4 Å². The van der Waals surface area contributed by atoms with Gasteiger partial charge in [0.25, 0.3) is 0 Å². The molecule has 0 radical (unpaired) electrons. The standard InChI is InChI=1S/C20H19BrFNO2S/c1-24-19-10-14(11-23-12-16-6-4-8-26-16)9-17(21)20(19)25-13-15-5-2-3-7-18(15)22/h2-10,23H,11-13H2,1H3. The maximum atomic E-state index is 13.8. The van der Waals surface area contributed by atoms with Gasteiger partial charge in [-0.1, -0.05) is 24.3 Å². The van der Waals surface area contributed by atoms with Crippen LogP contribution in [0.4, 0.5) is 4.39 Å². The van der Waals surface area contributed by atoms with Crippen LogP contribution in [0.2, 0.25) is 0 Å². The van der Waals surface area contributed by atoms with E-state index >= 15 is 0 Å². The van der Waals surface area contributed by atoms with E-state index in [2.05, 4.69) is 32.7 Å². The Bertz CT molecular complexity index is 855. The fourth-order valence-corrected chi connectivity index (χ4v) is 3.80. The summed E-state index contributed by atoms with van der Waals surface area (Å²) in [5.41, 5.74) is 1.58. The monoisotopic (exact) mass is 435 g/mol. The fourth-order valence-electron chi connectivity index (χ4n) is 2.52. The van der Waals surface area contributed by atoms with Crippen molar-refractivity contribution in [3.8, 4) is 11.5 Å². The molecule has 0 atom stereocenters. The molecule has 3 aromatic rings. The number of nitrogens with one attached hydrogen (secondary N) is 1. The molecule has 1 aromatic heterocycles. The second-order valence-corrected chi connectivity index (χ2v) is 7.56. The van der Waals surface area contributed by atoms with Crippen LogP contribution in [-0.2, 0) is 19.7 Å². The van der Waals surface area contributed by atoms with Crippen molar-refractivity contribution in [2.45, 2.75) is 19.7 Å². The van der Waals surface area contributed by atoms with Crippen molar-refractivity contribution in [2.75, 3.05) is 7.11 Å². The molecular formula is C20H19BrFNO2S. The highest BCUT2D eigenvalue weighted by atomic mass is 79.9. The number of methoxy groups -OCH3 is 1. The molecule has 0 fully saturated rings. The van der Waals surface area contributed by atoms with E-state index < -0.39 is 0 Å². The minimum Gasteiger partial charge on any atom is -0.493 e. The fraction of sp³-hybridized carbons (Fsp3) is 0.200. The van der Waals surface area contributed by atoms with Crippen molar-refractivity contribution in [1.29, 1.82) is 0 Å². The first kappa shape index (κ1) is 18.9. The van der Waals surface area contributed by atoms with Gasteiger partial charge >= 0.3 is 0 Å². The number of ether oxygens (including phenoxy) is 2. The Morgan fingerprint density at radius 1 is 1.12 bits per heavy atom. The topological polar surface area (TPSA) is 30.5 Å². The SMILES string of the molecule is COc1cc(CNCc2cccs2)cc(Br)c1OCc1ccccc1F. The zero-order valence-corrected chi connectivity index (χ0v) is 16.7. The first-order valence-electron chi connectivity index (χ1n) is 8.13. The number of thiophene rings is 1. The largest absolute Gasteiger partial charge is 0.493 e. The van der Waals surface area contributed by atoms with Crippen molar-refractivity contribution < 1.29 is 13.9 Å². The quantitative estimate of drug-likeness (QED) is 0.504. The van der Waals surface area contributed by atoms with E-state index in [4.69, 9.17) is 9.47 Å². The Kier molecular flexibility index (Phi) is 6.66. The van der Waals surface area contributed by atoms with Gasteiger partial charge in [-0.2, -0.15) is 0 Å². The summed E-state index contributed by atoms with van der Waals surface area (Å²) in [5.74, 6) is 0.901. The molecule has 6 heteroatoms. The van der Waals surface area contributed by atoms with Crippen molar-refractivity contribution in [3.63, 3.8) is 0 Å². The van der Waals surface area contributed by atoms with Gasteiger partial charge in [-0.3, -0.25) is 0 Å². The lowest BCUT2D eigenvalue weighted by molar-refractivity contribution is 0.277. The highest BCUT2D eigenvalue weighted by molar-refractivity contribution is 9.10. The molecule has 1 N–H and O–H groups in total. The summed E-state index contributed by atoms with van der Waals surface area (Å²) in [6, 6.07) is 14.6. The molecule has 0 aliphatic rings. The van der Waals surface area contributed by atoms with Gasteiger partial charge in [-0.05, 0) is 51.1 Å². The second-order valence-electron chi connectivity index (χ2n) is 5.67. The average Bonchev–Trinajstić information content (AvgIpc) is 3.15. The lowest BCUT2D eigenvalue weighted by Crippen LogP contribution is -2.12. The number of hydrogen-bond acceptors (Lipinski definition) is 4. The van der Waals surface area contributed by atoms with Crippen LogP contribution in [0, 0.1) is 5.82 Å². The molecule has 0 saturated carbocycles. The summed E-state index contributed by atoms with van der Waals surface area (Å²) >= 11 is 5.27. The second kappa shape index (κ2) is 9.16. The Hall–Kier alpha value is -1.89. The van der Waals surface area contributed by atoms with Gasteiger partial charge in [0.05, 0.1) is 11.6 Å². The van der Waals surface area contributed by atoms with E-state index in [0.717, 1.165) is 16.6 Å². The molecule has 2 aromatic carbocycles. The summed E-state index contributed by atoms with van der Waals surface area (Å²) in [6.45, 7) is 1.67. The minimum absolute atomic E-state index is 0.137. The van der Waals surface area contributed by atoms with Gasteiger partial charge in [-0.15, -0.1) is 11.3 Å². The van der Waals surface area contributed by atoms with Crippen molar-refractivity contribution in [3.05, 3.63) is 80.2 Å². The van der Waals surface area contributed by atoms with Crippen LogP contribution in [0.25, 0.3) is 0 Å².